The molecule has 5 nitrogen and oxygen atoms in total. The highest BCUT2D eigenvalue weighted by Gasteiger charge is 2.17. The third kappa shape index (κ3) is 2.66. The first-order chi connectivity index (χ1) is 11.0. The van der Waals surface area contributed by atoms with Gasteiger partial charge in [-0.1, -0.05) is 0 Å². The van der Waals surface area contributed by atoms with Gasteiger partial charge >= 0.3 is 0 Å². The molecule has 0 spiro atoms. The van der Waals surface area contributed by atoms with Gasteiger partial charge in [-0.3, -0.25) is 4.79 Å². The highest BCUT2D eigenvalue weighted by molar-refractivity contribution is 9.10. The molecule has 6 heteroatoms. The van der Waals surface area contributed by atoms with Crippen LogP contribution in [0, 0.1) is 0 Å². The van der Waals surface area contributed by atoms with Crippen LogP contribution in [-0.2, 0) is 0 Å². The summed E-state index contributed by atoms with van der Waals surface area (Å²) >= 11 is 3.41. The van der Waals surface area contributed by atoms with Crippen LogP contribution in [0.3, 0.4) is 0 Å². The van der Waals surface area contributed by atoms with Crippen molar-refractivity contribution in [2.45, 2.75) is 0 Å². The van der Waals surface area contributed by atoms with Crippen molar-refractivity contribution >= 4 is 26.9 Å². The second kappa shape index (κ2) is 5.96. The first-order valence-electron chi connectivity index (χ1n) is 6.71. The van der Waals surface area contributed by atoms with Gasteiger partial charge in [0, 0.05) is 11.6 Å². The van der Waals surface area contributed by atoms with Crippen molar-refractivity contribution in [1.82, 2.24) is 0 Å². The number of hydrogen-bond acceptors (Lipinski definition) is 5. The molecule has 1 aromatic heterocycles. The number of ether oxygens (including phenoxy) is 2. The first kappa shape index (κ1) is 15.4. The highest BCUT2D eigenvalue weighted by Crippen LogP contribution is 2.39. The molecule has 0 aliphatic rings. The van der Waals surface area contributed by atoms with Crippen molar-refractivity contribution in [3.63, 3.8) is 0 Å². The lowest BCUT2D eigenvalue weighted by Crippen LogP contribution is -2.06. The average molecular weight is 377 g/mol. The van der Waals surface area contributed by atoms with E-state index >= 15 is 0 Å². The van der Waals surface area contributed by atoms with E-state index in [1.54, 1.807) is 19.2 Å². The molecule has 0 fully saturated rings. The summed E-state index contributed by atoms with van der Waals surface area (Å²) in [6, 6.07) is 7.84. The third-order valence-electron chi connectivity index (χ3n) is 3.51. The molecular formula is C17H13BrO5. The van der Waals surface area contributed by atoms with Crippen molar-refractivity contribution in [3.05, 3.63) is 51.3 Å². The van der Waals surface area contributed by atoms with Crippen LogP contribution in [0.4, 0.5) is 0 Å². The highest BCUT2D eigenvalue weighted by atomic mass is 79.9. The lowest BCUT2D eigenvalue weighted by Gasteiger charge is -2.12. The summed E-state index contributed by atoms with van der Waals surface area (Å²) in [5.41, 5.74) is 1.01. The smallest absolute Gasteiger partial charge is 0.200 e. The Morgan fingerprint density at radius 1 is 1.09 bits per heavy atom. The number of fused-ring (bicyclic) bond motifs is 1. The van der Waals surface area contributed by atoms with E-state index in [1.165, 1.54) is 31.6 Å². The second-order valence-corrected chi connectivity index (χ2v) is 5.70. The fraction of sp³-hybridized carbons (Fsp3) is 0.118. The Hall–Kier alpha value is -2.47. The summed E-state index contributed by atoms with van der Waals surface area (Å²) in [5, 5.41) is 9.87. The molecule has 3 aromatic rings. The molecule has 0 saturated heterocycles. The van der Waals surface area contributed by atoms with E-state index in [0.717, 1.165) is 0 Å². The molecule has 0 unspecified atom stereocenters. The Morgan fingerprint density at radius 3 is 2.57 bits per heavy atom. The van der Waals surface area contributed by atoms with E-state index in [-0.39, 0.29) is 11.2 Å². The van der Waals surface area contributed by atoms with Gasteiger partial charge in [-0.25, -0.2) is 0 Å². The molecular weight excluding hydrogens is 364 g/mol. The molecule has 1 heterocycles. The van der Waals surface area contributed by atoms with Gasteiger partial charge in [0.2, 0.25) is 5.43 Å². The molecule has 0 aliphatic heterocycles. The maximum absolute atomic E-state index is 12.8. The molecule has 118 valence electrons. The predicted molar refractivity (Wildman–Crippen MR) is 90.4 cm³/mol. The minimum Gasteiger partial charge on any atom is -0.508 e. The Balaban J connectivity index is 2.33. The normalized spacial score (nSPS) is 10.7. The topological polar surface area (TPSA) is 68.9 Å². The Morgan fingerprint density at radius 2 is 1.87 bits per heavy atom. The van der Waals surface area contributed by atoms with Crippen LogP contribution < -0.4 is 14.9 Å². The maximum atomic E-state index is 12.8. The van der Waals surface area contributed by atoms with Crippen molar-refractivity contribution in [1.29, 1.82) is 0 Å². The van der Waals surface area contributed by atoms with Gasteiger partial charge in [0.25, 0.3) is 0 Å². The molecule has 3 rings (SSSR count). The van der Waals surface area contributed by atoms with E-state index in [4.69, 9.17) is 13.9 Å². The Kier molecular flexibility index (Phi) is 4.00. The van der Waals surface area contributed by atoms with E-state index in [9.17, 15) is 9.90 Å². The Bertz CT molecular complexity index is 946. The molecule has 0 atom stereocenters. The molecule has 0 aliphatic carbocycles. The summed E-state index contributed by atoms with van der Waals surface area (Å²) in [6.45, 7) is 0. The Labute approximate surface area is 140 Å². The maximum Gasteiger partial charge on any atom is 0.200 e. The predicted octanol–water partition coefficient (Wildman–Crippen LogP) is 3.95. The largest absolute Gasteiger partial charge is 0.508 e. The zero-order valence-electron chi connectivity index (χ0n) is 12.4. The number of phenols is 1. The summed E-state index contributed by atoms with van der Waals surface area (Å²) in [6.07, 6.45) is 1.36. The zero-order chi connectivity index (χ0) is 16.6. The molecule has 1 N–H and O–H groups in total. The molecule has 0 radical (unpaired) electrons. The third-order valence-corrected chi connectivity index (χ3v) is 4.09. The summed E-state index contributed by atoms with van der Waals surface area (Å²) in [7, 11) is 3.07. The number of benzene rings is 2. The van der Waals surface area contributed by atoms with E-state index < -0.39 is 0 Å². The van der Waals surface area contributed by atoms with E-state index in [1.807, 2.05) is 0 Å². The number of phenolic OH excluding ortho intramolecular Hbond substituents is 1. The quantitative estimate of drug-likeness (QED) is 0.749. The second-order valence-electron chi connectivity index (χ2n) is 4.85. The van der Waals surface area contributed by atoms with Gasteiger partial charge in [0.1, 0.15) is 29.1 Å². The number of rotatable bonds is 3. The van der Waals surface area contributed by atoms with Crippen molar-refractivity contribution < 1.29 is 19.0 Å². The van der Waals surface area contributed by atoms with Crippen LogP contribution in [0.25, 0.3) is 22.1 Å². The molecule has 23 heavy (non-hydrogen) atoms. The van der Waals surface area contributed by atoms with Crippen molar-refractivity contribution in [2.75, 3.05) is 14.2 Å². The molecule has 0 amide bonds. The fourth-order valence-corrected chi connectivity index (χ4v) is 3.00. The molecule has 2 aromatic carbocycles. The number of halogens is 1. The minimum absolute atomic E-state index is 0.0371. The van der Waals surface area contributed by atoms with Crippen LogP contribution in [0.15, 0.2) is 50.3 Å². The minimum atomic E-state index is -0.218. The average Bonchev–Trinajstić information content (AvgIpc) is 2.54. The standard InChI is InChI=1S/C17H13BrO5/c1-21-10-6-12(17(22-2)14(18)7-10)13-8-23-15-5-9(19)3-4-11(15)16(13)20/h3-8,19H,1-2H3. The van der Waals surface area contributed by atoms with Gasteiger partial charge in [-0.05, 0) is 40.2 Å². The summed E-state index contributed by atoms with van der Waals surface area (Å²) < 4.78 is 16.8. The number of aromatic hydroxyl groups is 1. The van der Waals surface area contributed by atoms with Gasteiger partial charge in [-0.15, -0.1) is 0 Å². The number of hydrogen-bond donors (Lipinski definition) is 1. The van der Waals surface area contributed by atoms with Gasteiger partial charge in [0.05, 0.1) is 29.6 Å². The van der Waals surface area contributed by atoms with Crippen LogP contribution in [0.1, 0.15) is 0 Å². The van der Waals surface area contributed by atoms with Crippen molar-refractivity contribution in [2.24, 2.45) is 0 Å². The molecule has 0 saturated carbocycles. The van der Waals surface area contributed by atoms with E-state index in [2.05, 4.69) is 15.9 Å². The van der Waals surface area contributed by atoms with Crippen LogP contribution >= 0.6 is 15.9 Å². The van der Waals surface area contributed by atoms with Gasteiger partial charge < -0.3 is 19.0 Å². The van der Waals surface area contributed by atoms with Crippen LogP contribution in [0.2, 0.25) is 0 Å². The van der Waals surface area contributed by atoms with Crippen molar-refractivity contribution in [3.8, 4) is 28.4 Å². The first-order valence-corrected chi connectivity index (χ1v) is 7.51. The zero-order valence-corrected chi connectivity index (χ0v) is 14.0. The number of methoxy groups -OCH3 is 2. The van der Waals surface area contributed by atoms with Gasteiger partial charge in [-0.2, -0.15) is 0 Å². The molecule has 0 bridgehead atoms. The summed E-state index contributed by atoms with van der Waals surface area (Å²) in [4.78, 5) is 12.8. The fourth-order valence-electron chi connectivity index (χ4n) is 2.40. The van der Waals surface area contributed by atoms with E-state index in [0.29, 0.717) is 38.1 Å². The van der Waals surface area contributed by atoms with Crippen LogP contribution in [-0.4, -0.2) is 19.3 Å². The lowest BCUT2D eigenvalue weighted by atomic mass is 10.0. The lowest BCUT2D eigenvalue weighted by molar-refractivity contribution is 0.402. The monoisotopic (exact) mass is 376 g/mol. The van der Waals surface area contributed by atoms with Gasteiger partial charge in [0.15, 0.2) is 0 Å². The summed E-state index contributed by atoms with van der Waals surface area (Å²) in [5.74, 6) is 1.13. The van der Waals surface area contributed by atoms with Crippen LogP contribution in [0.5, 0.6) is 17.2 Å². The SMILES string of the molecule is COc1cc(Br)c(OC)c(-c2coc3cc(O)ccc3c2=O)c1.